The number of aromatic nitrogens is 8. The number of pyridine rings is 4. The summed E-state index contributed by atoms with van der Waals surface area (Å²) >= 11 is 0. The van der Waals surface area contributed by atoms with Crippen LogP contribution in [-0.4, -0.2) is 19.9 Å². The van der Waals surface area contributed by atoms with Gasteiger partial charge in [0, 0.05) is 84.7 Å². The van der Waals surface area contributed by atoms with Gasteiger partial charge < -0.3 is 9.97 Å². The Morgan fingerprint density at radius 3 is 1.16 bits per heavy atom. The van der Waals surface area contributed by atoms with E-state index in [1.165, 1.54) is 0 Å². The monoisotopic (exact) mass is 828 g/mol. The third kappa shape index (κ3) is 6.22. The number of hydrogen-bond acceptors (Lipinski definition) is 2. The fourth-order valence-corrected chi connectivity index (χ4v) is 9.81. The molecule has 0 saturated heterocycles. The highest BCUT2D eigenvalue weighted by molar-refractivity contribution is 6.01. The first kappa shape index (κ1) is 37.4. The zero-order chi connectivity index (χ0) is 43.1. The normalized spacial score (nSPS) is 12.2. The summed E-state index contributed by atoms with van der Waals surface area (Å²) in [4.78, 5) is 19.0. The van der Waals surface area contributed by atoms with E-state index in [4.69, 9.17) is 9.97 Å². The van der Waals surface area contributed by atoms with E-state index in [-0.39, 0.29) is 0 Å². The summed E-state index contributed by atoms with van der Waals surface area (Å²) in [6.45, 7) is 0. The molecule has 2 aliphatic heterocycles. The van der Waals surface area contributed by atoms with Crippen LogP contribution in [0.2, 0.25) is 0 Å². The van der Waals surface area contributed by atoms with Crippen LogP contribution in [-0.2, 0) is 28.2 Å². The summed E-state index contributed by atoms with van der Waals surface area (Å²) in [5.41, 5.74) is 19.1. The first-order valence-electron chi connectivity index (χ1n) is 21.6. The Labute approximate surface area is 369 Å². The molecule has 10 aromatic rings. The summed E-state index contributed by atoms with van der Waals surface area (Å²) in [6, 6.07) is 45.5. The Bertz CT molecular complexity index is 3670. The molecule has 12 rings (SSSR count). The van der Waals surface area contributed by atoms with Crippen molar-refractivity contribution in [2.75, 3.05) is 0 Å². The van der Waals surface area contributed by atoms with Crippen molar-refractivity contribution in [3.63, 3.8) is 0 Å². The van der Waals surface area contributed by atoms with Crippen LogP contribution < -0.4 is 18.3 Å². The third-order valence-corrected chi connectivity index (χ3v) is 12.7. The Kier molecular flexibility index (Phi) is 8.55. The number of H-pyrrole nitrogens is 2. The maximum atomic E-state index is 5.54. The second kappa shape index (κ2) is 14.6. The molecule has 64 heavy (non-hydrogen) atoms. The first-order chi connectivity index (χ1) is 31.3. The molecule has 304 valence electrons. The van der Waals surface area contributed by atoms with Gasteiger partial charge in [0.2, 0.25) is 16.6 Å². The Morgan fingerprint density at radius 1 is 0.359 bits per heavy atom. The van der Waals surface area contributed by atoms with E-state index in [0.29, 0.717) is 0 Å². The average molecular weight is 829 g/mol. The average Bonchev–Trinajstić information content (AvgIpc) is 4.15. The molecule has 9 heterocycles. The Balaban J connectivity index is 1.26. The molecule has 0 atom stereocenters. The van der Waals surface area contributed by atoms with Crippen molar-refractivity contribution >= 4 is 79.1 Å². The first-order valence-corrected chi connectivity index (χ1v) is 21.6. The largest absolute Gasteiger partial charge is 0.354 e. The topological polar surface area (TPSA) is 72.9 Å². The molecule has 0 fully saturated rings. The lowest BCUT2D eigenvalue weighted by molar-refractivity contribution is -0.671. The molecule has 0 amide bonds. The highest BCUT2D eigenvalue weighted by Crippen LogP contribution is 2.39. The molecular weight excluding hydrogens is 785 g/mol. The molecule has 2 N–H and O–H groups in total. The van der Waals surface area contributed by atoms with Gasteiger partial charge in [0.15, 0.2) is 31.0 Å². The van der Waals surface area contributed by atoms with E-state index in [1.54, 1.807) is 0 Å². The summed E-state index contributed by atoms with van der Waals surface area (Å²) in [5.74, 6) is 0. The van der Waals surface area contributed by atoms with Gasteiger partial charge in [-0.25, -0.2) is 28.2 Å². The van der Waals surface area contributed by atoms with E-state index in [2.05, 4.69) is 239 Å². The van der Waals surface area contributed by atoms with E-state index in [1.807, 2.05) is 0 Å². The van der Waals surface area contributed by atoms with Crippen molar-refractivity contribution in [3.8, 4) is 44.5 Å². The van der Waals surface area contributed by atoms with Crippen LogP contribution in [0, 0.1) is 0 Å². The number of aryl methyl sites for hydroxylation is 4. The van der Waals surface area contributed by atoms with Gasteiger partial charge in [0.25, 0.3) is 0 Å². The van der Waals surface area contributed by atoms with Gasteiger partial charge in [-0.3, -0.25) is 0 Å². The molecule has 2 aliphatic rings. The second-order valence-electron chi connectivity index (χ2n) is 17.0. The van der Waals surface area contributed by atoms with Crippen molar-refractivity contribution in [2.45, 2.75) is 0 Å². The Hall–Kier alpha value is -8.36. The highest BCUT2D eigenvalue weighted by Gasteiger charge is 2.23. The summed E-state index contributed by atoms with van der Waals surface area (Å²) < 4.78 is 8.71. The fraction of sp³-hybridized carbons (Fsp3) is 0.0714. The van der Waals surface area contributed by atoms with Crippen molar-refractivity contribution < 1.29 is 18.3 Å². The molecule has 0 radical (unpaired) electrons. The quantitative estimate of drug-likeness (QED) is 0.174. The number of hydrogen-bond donors (Lipinski definition) is 2. The summed E-state index contributed by atoms with van der Waals surface area (Å²) in [5, 5.41) is 3.47. The lowest BCUT2D eigenvalue weighted by Crippen LogP contribution is -2.28. The predicted octanol–water partition coefficient (Wildman–Crippen LogP) is 10.1. The van der Waals surface area contributed by atoms with E-state index in [0.717, 1.165) is 122 Å². The van der Waals surface area contributed by atoms with Crippen LogP contribution in [0.15, 0.2) is 158 Å². The van der Waals surface area contributed by atoms with Gasteiger partial charge in [-0.1, -0.05) is 36.4 Å². The minimum absolute atomic E-state index is 0.851. The molecule has 8 heteroatoms. The van der Waals surface area contributed by atoms with E-state index >= 15 is 0 Å². The molecule has 3 aromatic carbocycles. The van der Waals surface area contributed by atoms with Crippen molar-refractivity contribution in [1.82, 2.24) is 19.9 Å². The van der Waals surface area contributed by atoms with Gasteiger partial charge in [0.05, 0.1) is 45.0 Å². The number of nitrogens with one attached hydrogen (secondary N) is 2. The van der Waals surface area contributed by atoms with Crippen LogP contribution in [0.3, 0.4) is 0 Å². The molecule has 8 nitrogen and oxygen atoms in total. The van der Waals surface area contributed by atoms with E-state index < -0.39 is 0 Å². The summed E-state index contributed by atoms with van der Waals surface area (Å²) in [7, 11) is 8.41. The number of para-hydroxylation sites is 3. The van der Waals surface area contributed by atoms with Gasteiger partial charge >= 0.3 is 0 Å². The molecule has 0 spiro atoms. The third-order valence-electron chi connectivity index (χ3n) is 12.7. The zero-order valence-electron chi connectivity index (χ0n) is 36.0. The predicted molar refractivity (Wildman–Crippen MR) is 258 cm³/mol. The minimum Gasteiger partial charge on any atom is -0.354 e. The fourth-order valence-electron chi connectivity index (χ4n) is 9.81. The zero-order valence-corrected chi connectivity index (χ0v) is 36.0. The van der Waals surface area contributed by atoms with E-state index in [9.17, 15) is 0 Å². The van der Waals surface area contributed by atoms with Gasteiger partial charge in [-0.15, -0.1) is 0 Å². The number of rotatable bonds is 4. The number of fused-ring (bicyclic) bond motifs is 11. The molecular formula is C56H44N8+4. The summed E-state index contributed by atoms with van der Waals surface area (Å²) in [6.07, 6.45) is 19.5. The maximum Gasteiger partial charge on any atom is 0.212 e. The minimum atomic E-state index is 0.851. The molecule has 0 aliphatic carbocycles. The SMILES string of the molecule is C[n+]1cccc(-c2c3nc(c(-c4cc5ccccc5[n+](C)c4)c4ccc([nH]4)c(-c4cc5ccccc5[n+](C)c4)c4ccc([nH]4)c(-c4cc5ccccc5[n+](C)c4)c4nc2C=C4)C=C3)c1. The van der Waals surface area contributed by atoms with Crippen molar-refractivity contribution in [1.29, 1.82) is 0 Å². The van der Waals surface area contributed by atoms with Crippen LogP contribution in [0.4, 0.5) is 0 Å². The lowest BCUT2D eigenvalue weighted by Gasteiger charge is -2.07. The van der Waals surface area contributed by atoms with Gasteiger partial charge in [-0.05, 0) is 91.0 Å². The van der Waals surface area contributed by atoms with Crippen LogP contribution in [0.25, 0.3) is 124 Å². The van der Waals surface area contributed by atoms with Crippen LogP contribution in [0.5, 0.6) is 0 Å². The number of aromatic amines is 2. The van der Waals surface area contributed by atoms with Crippen LogP contribution >= 0.6 is 0 Å². The van der Waals surface area contributed by atoms with Crippen molar-refractivity contribution in [3.05, 3.63) is 181 Å². The van der Waals surface area contributed by atoms with Gasteiger partial charge in [0.1, 0.15) is 28.2 Å². The smallest absolute Gasteiger partial charge is 0.212 e. The maximum absolute atomic E-state index is 5.54. The van der Waals surface area contributed by atoms with Gasteiger partial charge in [-0.2, -0.15) is 0 Å². The van der Waals surface area contributed by atoms with Crippen LogP contribution in [0.1, 0.15) is 22.8 Å². The number of nitrogens with zero attached hydrogens (tertiary/aromatic N) is 6. The number of benzene rings is 3. The lowest BCUT2D eigenvalue weighted by atomic mass is 10.0. The molecule has 0 unspecified atom stereocenters. The second-order valence-corrected chi connectivity index (χ2v) is 17.0. The molecule has 7 aromatic heterocycles. The molecule has 0 saturated carbocycles. The molecule has 8 bridgehead atoms. The standard InChI is InChI=1S/C56H44N8/c1-61-27-11-15-38(31-61)53-42-19-21-44(57-42)54(39-28-35-12-5-8-16-50(35)62(2)32-39)46-23-25-48(59-46)56(41-30-37-14-7-10-18-52(37)64(4)34-41)49-26-24-47(60-49)55(45-22-20-43(53)58-45)40-29-36-13-6-9-17-51(36)63(3)33-40/h5-34,59-60H,1-4H3/q+4. The highest BCUT2D eigenvalue weighted by atomic mass is 14.9. The van der Waals surface area contributed by atoms with Crippen molar-refractivity contribution in [2.24, 2.45) is 28.2 Å². The Morgan fingerprint density at radius 2 is 0.734 bits per heavy atom.